The second-order valence-corrected chi connectivity index (χ2v) is 8.41. The van der Waals surface area contributed by atoms with Gasteiger partial charge in [-0.25, -0.2) is 0 Å². The molecule has 3 aromatic rings. The number of amides is 3. The normalized spacial score (nSPS) is 10.5. The van der Waals surface area contributed by atoms with Crippen molar-refractivity contribution in [3.63, 3.8) is 0 Å². The molecule has 1 heterocycles. The molecule has 0 aliphatic rings. The van der Waals surface area contributed by atoms with E-state index < -0.39 is 0 Å². The Labute approximate surface area is 185 Å². The highest BCUT2D eigenvalue weighted by Crippen LogP contribution is 2.22. The van der Waals surface area contributed by atoms with Crippen LogP contribution in [0.25, 0.3) is 0 Å². The summed E-state index contributed by atoms with van der Waals surface area (Å²) in [6.07, 6.45) is 0. The Morgan fingerprint density at radius 3 is 2.26 bits per heavy atom. The molecule has 0 fully saturated rings. The van der Waals surface area contributed by atoms with Crippen LogP contribution in [0.5, 0.6) is 0 Å². The van der Waals surface area contributed by atoms with Crippen LogP contribution < -0.4 is 10.6 Å². The number of hydrogen-bond acceptors (Lipinski definition) is 4. The minimum absolute atomic E-state index is 0.112. The topological polar surface area (TPSA) is 78.5 Å². The lowest BCUT2D eigenvalue weighted by atomic mass is 10.1. The Hall–Kier alpha value is -3.45. The van der Waals surface area contributed by atoms with E-state index in [0.717, 1.165) is 22.4 Å². The van der Waals surface area contributed by atoms with Gasteiger partial charge >= 0.3 is 0 Å². The van der Waals surface area contributed by atoms with Crippen molar-refractivity contribution in [2.75, 3.05) is 24.2 Å². The Morgan fingerprint density at radius 1 is 0.935 bits per heavy atom. The van der Waals surface area contributed by atoms with E-state index in [4.69, 9.17) is 0 Å². The molecule has 3 rings (SSSR count). The SMILES string of the molecule is Cc1cc(C)c(NC(=O)CN(C)C(=O)c2ccccc2NC(=O)c2cccs2)c(C)c1. The van der Waals surface area contributed by atoms with Crippen molar-refractivity contribution in [3.8, 4) is 0 Å². The molecule has 7 heteroatoms. The maximum Gasteiger partial charge on any atom is 0.265 e. The van der Waals surface area contributed by atoms with Crippen molar-refractivity contribution >= 4 is 40.4 Å². The third kappa shape index (κ3) is 5.38. The van der Waals surface area contributed by atoms with Gasteiger partial charge in [0.15, 0.2) is 0 Å². The number of nitrogens with zero attached hydrogens (tertiary/aromatic N) is 1. The van der Waals surface area contributed by atoms with Crippen LogP contribution in [0, 0.1) is 20.8 Å². The molecule has 0 saturated carbocycles. The third-order valence-electron chi connectivity index (χ3n) is 4.82. The molecule has 0 aliphatic heterocycles. The highest BCUT2D eigenvalue weighted by Gasteiger charge is 2.20. The number of rotatable bonds is 6. The number of hydrogen-bond donors (Lipinski definition) is 2. The first-order valence-corrected chi connectivity index (χ1v) is 10.7. The van der Waals surface area contributed by atoms with Crippen molar-refractivity contribution in [2.45, 2.75) is 20.8 Å². The number of carbonyl (C=O) groups excluding carboxylic acids is 3. The molecule has 0 bridgehead atoms. The van der Waals surface area contributed by atoms with Crippen molar-refractivity contribution in [2.24, 2.45) is 0 Å². The van der Waals surface area contributed by atoms with E-state index in [9.17, 15) is 14.4 Å². The van der Waals surface area contributed by atoms with Crippen LogP contribution >= 0.6 is 11.3 Å². The second kappa shape index (κ2) is 9.57. The van der Waals surface area contributed by atoms with Crippen LogP contribution in [0.3, 0.4) is 0 Å². The fraction of sp³-hybridized carbons (Fsp3) is 0.208. The zero-order chi connectivity index (χ0) is 22.5. The summed E-state index contributed by atoms with van der Waals surface area (Å²) in [7, 11) is 1.56. The van der Waals surface area contributed by atoms with Crippen molar-refractivity contribution < 1.29 is 14.4 Å². The standard InChI is InChI=1S/C24H25N3O3S/c1-15-12-16(2)22(17(3)13-15)26-21(28)14-27(4)24(30)18-8-5-6-9-19(18)25-23(29)20-10-7-11-31-20/h5-13H,14H2,1-4H3,(H,25,29)(H,26,28). The summed E-state index contributed by atoms with van der Waals surface area (Å²) in [5.41, 5.74) is 4.57. The fourth-order valence-corrected chi connectivity index (χ4v) is 4.04. The van der Waals surface area contributed by atoms with Gasteiger partial charge in [0.1, 0.15) is 0 Å². The van der Waals surface area contributed by atoms with Gasteiger partial charge in [-0.1, -0.05) is 35.9 Å². The number of aryl methyl sites for hydroxylation is 3. The van der Waals surface area contributed by atoms with Crippen LogP contribution in [0.1, 0.15) is 36.7 Å². The maximum absolute atomic E-state index is 13.0. The molecule has 1 aromatic heterocycles. The molecule has 0 atom stereocenters. The summed E-state index contributed by atoms with van der Waals surface area (Å²) in [5, 5.41) is 7.51. The second-order valence-electron chi connectivity index (χ2n) is 7.46. The van der Waals surface area contributed by atoms with Crippen molar-refractivity contribution in [3.05, 3.63) is 81.0 Å². The Bertz CT molecular complexity index is 1100. The van der Waals surface area contributed by atoms with E-state index in [2.05, 4.69) is 10.6 Å². The minimum atomic E-state index is -0.352. The number of benzene rings is 2. The monoisotopic (exact) mass is 435 g/mol. The lowest BCUT2D eigenvalue weighted by molar-refractivity contribution is -0.116. The summed E-state index contributed by atoms with van der Waals surface area (Å²) in [5.74, 6) is -0.915. The molecule has 31 heavy (non-hydrogen) atoms. The Balaban J connectivity index is 1.70. The van der Waals surface area contributed by atoms with Gasteiger partial charge in [0, 0.05) is 12.7 Å². The van der Waals surface area contributed by atoms with Crippen molar-refractivity contribution in [1.82, 2.24) is 4.90 Å². The lowest BCUT2D eigenvalue weighted by Gasteiger charge is -2.20. The molecular formula is C24H25N3O3S. The van der Waals surface area contributed by atoms with Crippen LogP contribution in [0.4, 0.5) is 11.4 Å². The summed E-state index contributed by atoms with van der Waals surface area (Å²) in [4.78, 5) is 39.9. The summed E-state index contributed by atoms with van der Waals surface area (Å²) < 4.78 is 0. The molecule has 0 spiro atoms. The molecule has 3 amide bonds. The number of thiophene rings is 1. The Morgan fingerprint density at radius 2 is 1.61 bits per heavy atom. The summed E-state index contributed by atoms with van der Waals surface area (Å²) in [6, 6.07) is 14.3. The lowest BCUT2D eigenvalue weighted by Crippen LogP contribution is -2.35. The number of likely N-dealkylation sites (N-methyl/N-ethyl adjacent to an activating group) is 1. The van der Waals surface area contributed by atoms with Gasteiger partial charge in [-0.2, -0.15) is 0 Å². The number of nitrogens with one attached hydrogen (secondary N) is 2. The minimum Gasteiger partial charge on any atom is -0.332 e. The number of para-hydroxylation sites is 1. The quantitative estimate of drug-likeness (QED) is 0.592. The predicted molar refractivity (Wildman–Crippen MR) is 125 cm³/mol. The van der Waals surface area contributed by atoms with Gasteiger partial charge in [0.25, 0.3) is 11.8 Å². The van der Waals surface area contributed by atoms with E-state index in [1.54, 1.807) is 43.4 Å². The zero-order valence-electron chi connectivity index (χ0n) is 18.0. The predicted octanol–water partition coefficient (Wildman–Crippen LogP) is 4.64. The summed E-state index contributed by atoms with van der Waals surface area (Å²) >= 11 is 1.32. The van der Waals surface area contributed by atoms with Gasteiger partial charge < -0.3 is 15.5 Å². The fourth-order valence-electron chi connectivity index (χ4n) is 3.42. The molecule has 0 radical (unpaired) electrons. The molecule has 160 valence electrons. The van der Waals surface area contributed by atoms with Gasteiger partial charge in [-0.3, -0.25) is 14.4 Å². The summed E-state index contributed by atoms with van der Waals surface area (Å²) in [6.45, 7) is 5.78. The van der Waals surface area contributed by atoms with Crippen molar-refractivity contribution in [1.29, 1.82) is 0 Å². The van der Waals surface area contributed by atoms with Gasteiger partial charge in [0.2, 0.25) is 5.91 Å². The zero-order valence-corrected chi connectivity index (χ0v) is 18.8. The average molecular weight is 436 g/mol. The number of carbonyl (C=O) groups is 3. The first kappa shape index (κ1) is 22.2. The largest absolute Gasteiger partial charge is 0.332 e. The molecule has 2 aromatic carbocycles. The highest BCUT2D eigenvalue weighted by molar-refractivity contribution is 7.12. The molecule has 0 saturated heterocycles. The van der Waals surface area contributed by atoms with E-state index in [1.165, 1.54) is 16.2 Å². The average Bonchev–Trinajstić information content (AvgIpc) is 3.25. The third-order valence-corrected chi connectivity index (χ3v) is 5.69. The van der Waals surface area contributed by atoms with Gasteiger partial charge in [-0.15, -0.1) is 11.3 Å². The first-order valence-electron chi connectivity index (χ1n) is 9.83. The van der Waals surface area contributed by atoms with E-state index >= 15 is 0 Å². The molecule has 2 N–H and O–H groups in total. The van der Waals surface area contributed by atoms with Gasteiger partial charge in [0.05, 0.1) is 22.7 Å². The van der Waals surface area contributed by atoms with Crippen LogP contribution in [0.15, 0.2) is 53.9 Å². The molecule has 0 aliphatic carbocycles. The molecular weight excluding hydrogens is 410 g/mol. The van der Waals surface area contributed by atoms with Crippen LogP contribution in [-0.4, -0.2) is 36.2 Å². The van der Waals surface area contributed by atoms with Gasteiger partial charge in [-0.05, 0) is 55.5 Å². The first-order chi connectivity index (χ1) is 14.8. The van der Waals surface area contributed by atoms with E-state index in [0.29, 0.717) is 16.1 Å². The maximum atomic E-state index is 13.0. The van der Waals surface area contributed by atoms with Crippen LogP contribution in [-0.2, 0) is 4.79 Å². The van der Waals surface area contributed by atoms with Crippen LogP contribution in [0.2, 0.25) is 0 Å². The number of anilines is 2. The molecule has 6 nitrogen and oxygen atoms in total. The van der Waals surface area contributed by atoms with E-state index in [1.807, 2.05) is 38.3 Å². The smallest absolute Gasteiger partial charge is 0.265 e. The molecule has 0 unspecified atom stereocenters. The highest BCUT2D eigenvalue weighted by atomic mass is 32.1. The van der Waals surface area contributed by atoms with E-state index in [-0.39, 0.29) is 24.3 Å². The Kier molecular flexibility index (Phi) is 6.87.